The average molecular weight is 295 g/mol. The number of nitrogens with one attached hydrogen (secondary N) is 1. The standard InChI is InChI=1S/C14H21N3O2S/c1-15-14(16-8-10-20(2,18)19)17-9-7-12-5-3-4-6-13(12)11-17/h3-6H,7-11H2,1-2H3,(H,15,16). The van der Waals surface area contributed by atoms with Crippen LogP contribution in [0.5, 0.6) is 0 Å². The summed E-state index contributed by atoms with van der Waals surface area (Å²) in [6.07, 6.45) is 2.23. The highest BCUT2D eigenvalue weighted by Gasteiger charge is 2.18. The van der Waals surface area contributed by atoms with Gasteiger partial charge in [-0.15, -0.1) is 0 Å². The first-order valence-electron chi connectivity index (χ1n) is 6.70. The number of hydrogen-bond donors (Lipinski definition) is 1. The van der Waals surface area contributed by atoms with Gasteiger partial charge in [0.2, 0.25) is 0 Å². The Bertz CT molecular complexity index is 596. The number of benzene rings is 1. The van der Waals surface area contributed by atoms with E-state index in [1.165, 1.54) is 17.4 Å². The predicted octanol–water partition coefficient (Wildman–Crippen LogP) is 0.665. The van der Waals surface area contributed by atoms with Gasteiger partial charge in [0.25, 0.3) is 0 Å². The van der Waals surface area contributed by atoms with Gasteiger partial charge in [0.15, 0.2) is 5.96 Å². The molecule has 1 N–H and O–H groups in total. The molecule has 0 atom stereocenters. The van der Waals surface area contributed by atoms with E-state index in [-0.39, 0.29) is 5.75 Å². The van der Waals surface area contributed by atoms with Gasteiger partial charge < -0.3 is 10.2 Å². The minimum absolute atomic E-state index is 0.121. The van der Waals surface area contributed by atoms with Gasteiger partial charge in [-0.3, -0.25) is 4.99 Å². The number of rotatable bonds is 3. The number of sulfone groups is 1. The minimum Gasteiger partial charge on any atom is -0.355 e. The van der Waals surface area contributed by atoms with Gasteiger partial charge in [-0.25, -0.2) is 8.42 Å². The maximum absolute atomic E-state index is 11.1. The van der Waals surface area contributed by atoms with Crippen molar-refractivity contribution in [2.45, 2.75) is 13.0 Å². The van der Waals surface area contributed by atoms with E-state index in [9.17, 15) is 8.42 Å². The van der Waals surface area contributed by atoms with Crippen LogP contribution in [0.2, 0.25) is 0 Å². The molecule has 0 aliphatic carbocycles. The fourth-order valence-corrected chi connectivity index (χ4v) is 2.83. The molecule has 5 nitrogen and oxygen atoms in total. The molecule has 0 bridgehead atoms. The molecule has 1 heterocycles. The topological polar surface area (TPSA) is 61.8 Å². The van der Waals surface area contributed by atoms with E-state index in [1.54, 1.807) is 7.05 Å². The van der Waals surface area contributed by atoms with E-state index in [2.05, 4.69) is 33.4 Å². The Hall–Kier alpha value is -1.56. The number of hydrogen-bond acceptors (Lipinski definition) is 3. The molecular weight excluding hydrogens is 274 g/mol. The smallest absolute Gasteiger partial charge is 0.193 e. The van der Waals surface area contributed by atoms with Crippen molar-refractivity contribution in [1.82, 2.24) is 10.2 Å². The molecule has 1 aliphatic heterocycles. The largest absolute Gasteiger partial charge is 0.355 e. The normalized spacial score (nSPS) is 15.9. The van der Waals surface area contributed by atoms with Gasteiger partial charge in [0, 0.05) is 32.9 Å². The average Bonchev–Trinajstić information content (AvgIpc) is 2.42. The molecule has 1 aromatic carbocycles. The quantitative estimate of drug-likeness (QED) is 0.657. The first-order valence-corrected chi connectivity index (χ1v) is 8.76. The van der Waals surface area contributed by atoms with Gasteiger partial charge in [-0.05, 0) is 17.5 Å². The second-order valence-corrected chi connectivity index (χ2v) is 7.30. The van der Waals surface area contributed by atoms with Gasteiger partial charge >= 0.3 is 0 Å². The molecule has 1 aromatic rings. The fourth-order valence-electron chi connectivity index (χ4n) is 2.36. The van der Waals surface area contributed by atoms with Crippen molar-refractivity contribution in [2.24, 2.45) is 4.99 Å². The summed E-state index contributed by atoms with van der Waals surface area (Å²) in [5, 5.41) is 3.12. The molecule has 0 aromatic heterocycles. The summed E-state index contributed by atoms with van der Waals surface area (Å²) < 4.78 is 22.3. The van der Waals surface area contributed by atoms with Crippen LogP contribution in [0.1, 0.15) is 11.1 Å². The van der Waals surface area contributed by atoms with Crippen molar-refractivity contribution >= 4 is 15.8 Å². The van der Waals surface area contributed by atoms with Crippen molar-refractivity contribution in [2.75, 3.05) is 32.1 Å². The second-order valence-electron chi connectivity index (χ2n) is 5.04. The first-order chi connectivity index (χ1) is 9.49. The predicted molar refractivity (Wildman–Crippen MR) is 81.6 cm³/mol. The van der Waals surface area contributed by atoms with Crippen LogP contribution in [0.25, 0.3) is 0 Å². The zero-order chi connectivity index (χ0) is 14.6. The summed E-state index contributed by atoms with van der Waals surface area (Å²) in [6.45, 7) is 2.11. The van der Waals surface area contributed by atoms with Crippen LogP contribution in [-0.4, -0.2) is 51.4 Å². The Morgan fingerprint density at radius 2 is 2.05 bits per heavy atom. The van der Waals surface area contributed by atoms with E-state index in [1.807, 2.05) is 6.07 Å². The van der Waals surface area contributed by atoms with E-state index < -0.39 is 9.84 Å². The van der Waals surface area contributed by atoms with Crippen LogP contribution in [0.15, 0.2) is 29.3 Å². The summed E-state index contributed by atoms with van der Waals surface area (Å²) in [5.74, 6) is 0.888. The highest BCUT2D eigenvalue weighted by Crippen LogP contribution is 2.18. The molecule has 0 unspecified atom stereocenters. The minimum atomic E-state index is -2.94. The molecule has 2 rings (SSSR count). The van der Waals surface area contributed by atoms with Crippen LogP contribution < -0.4 is 5.32 Å². The SMILES string of the molecule is CN=C(NCCS(C)(=O)=O)N1CCc2ccccc2C1. The van der Waals surface area contributed by atoms with Crippen LogP contribution in [0, 0.1) is 0 Å². The molecule has 110 valence electrons. The maximum Gasteiger partial charge on any atom is 0.193 e. The highest BCUT2D eigenvalue weighted by atomic mass is 32.2. The van der Waals surface area contributed by atoms with Crippen molar-refractivity contribution in [3.8, 4) is 0 Å². The van der Waals surface area contributed by atoms with Crippen LogP contribution in [0.3, 0.4) is 0 Å². The lowest BCUT2D eigenvalue weighted by atomic mass is 10.0. The summed E-state index contributed by atoms with van der Waals surface area (Å²) in [6, 6.07) is 8.40. The van der Waals surface area contributed by atoms with Gasteiger partial charge in [0.05, 0.1) is 5.75 Å². The third kappa shape index (κ3) is 3.96. The van der Waals surface area contributed by atoms with Gasteiger partial charge in [0.1, 0.15) is 9.84 Å². The Morgan fingerprint density at radius 3 is 2.70 bits per heavy atom. The summed E-state index contributed by atoms with van der Waals surface area (Å²) in [5.41, 5.74) is 2.69. The van der Waals surface area contributed by atoms with Gasteiger partial charge in [-0.1, -0.05) is 24.3 Å². The lowest BCUT2D eigenvalue weighted by Gasteiger charge is -2.31. The van der Waals surface area contributed by atoms with Crippen molar-refractivity contribution < 1.29 is 8.42 Å². The molecule has 0 saturated carbocycles. The molecule has 20 heavy (non-hydrogen) atoms. The molecule has 6 heteroatoms. The monoisotopic (exact) mass is 295 g/mol. The highest BCUT2D eigenvalue weighted by molar-refractivity contribution is 7.90. The third-order valence-electron chi connectivity index (χ3n) is 3.40. The summed E-state index contributed by atoms with van der Waals surface area (Å²) >= 11 is 0. The van der Waals surface area contributed by atoms with Crippen molar-refractivity contribution in [1.29, 1.82) is 0 Å². The Balaban J connectivity index is 1.97. The third-order valence-corrected chi connectivity index (χ3v) is 4.34. The summed E-state index contributed by atoms with van der Waals surface area (Å²) in [7, 11) is -1.22. The van der Waals surface area contributed by atoms with E-state index in [0.717, 1.165) is 25.5 Å². The van der Waals surface area contributed by atoms with Crippen LogP contribution >= 0.6 is 0 Å². The van der Waals surface area contributed by atoms with Crippen LogP contribution in [0.4, 0.5) is 0 Å². The summed E-state index contributed by atoms with van der Waals surface area (Å²) in [4.78, 5) is 6.40. The van der Waals surface area contributed by atoms with Crippen LogP contribution in [-0.2, 0) is 22.8 Å². The zero-order valence-electron chi connectivity index (χ0n) is 12.0. The number of guanidine groups is 1. The molecule has 0 saturated heterocycles. The lowest BCUT2D eigenvalue weighted by Crippen LogP contribution is -2.45. The number of nitrogens with zero attached hydrogens (tertiary/aromatic N) is 2. The lowest BCUT2D eigenvalue weighted by molar-refractivity contribution is 0.380. The van der Waals surface area contributed by atoms with E-state index in [4.69, 9.17) is 0 Å². The molecule has 0 spiro atoms. The zero-order valence-corrected chi connectivity index (χ0v) is 12.8. The van der Waals surface area contributed by atoms with Crippen molar-refractivity contribution in [3.05, 3.63) is 35.4 Å². The molecule has 0 fully saturated rings. The fraction of sp³-hybridized carbons (Fsp3) is 0.500. The molecule has 0 radical (unpaired) electrons. The number of aliphatic imine (C=N–C) groups is 1. The van der Waals surface area contributed by atoms with E-state index in [0.29, 0.717) is 6.54 Å². The van der Waals surface area contributed by atoms with Gasteiger partial charge in [-0.2, -0.15) is 0 Å². The first kappa shape index (κ1) is 14.8. The maximum atomic E-state index is 11.1. The Morgan fingerprint density at radius 1 is 1.35 bits per heavy atom. The molecule has 1 aliphatic rings. The van der Waals surface area contributed by atoms with E-state index >= 15 is 0 Å². The number of fused-ring (bicyclic) bond motifs is 1. The Labute approximate surface area is 120 Å². The Kier molecular flexibility index (Phi) is 4.65. The molecule has 0 amide bonds. The second kappa shape index (κ2) is 6.26. The van der Waals surface area contributed by atoms with Crippen molar-refractivity contribution in [3.63, 3.8) is 0 Å². The molecular formula is C14H21N3O2S.